The maximum Gasteiger partial charge on any atom is 0.110 e. The van der Waals surface area contributed by atoms with Crippen molar-refractivity contribution in [2.45, 2.75) is 44.6 Å². The van der Waals surface area contributed by atoms with E-state index in [-0.39, 0.29) is 0 Å². The predicted octanol–water partition coefficient (Wildman–Crippen LogP) is 3.12. The Balaban J connectivity index is 1.85. The van der Waals surface area contributed by atoms with Crippen LogP contribution in [-0.2, 0) is 0 Å². The maximum absolute atomic E-state index is 4.81. The van der Waals surface area contributed by atoms with E-state index in [1.807, 2.05) is 0 Å². The molecule has 1 saturated carbocycles. The number of benzene rings is 1. The van der Waals surface area contributed by atoms with Crippen LogP contribution in [0.2, 0.25) is 0 Å². The Morgan fingerprint density at radius 2 is 2.00 bits per heavy atom. The van der Waals surface area contributed by atoms with Crippen molar-refractivity contribution in [1.29, 1.82) is 0 Å². The predicted molar refractivity (Wildman–Crippen MR) is 74.9 cm³/mol. The summed E-state index contributed by atoms with van der Waals surface area (Å²) >= 11 is 0. The molecule has 1 fully saturated rings. The van der Waals surface area contributed by atoms with E-state index in [2.05, 4.69) is 42.5 Å². The SMILES string of the molecule is CNC1CCC(c2nc3c(C)cccc3[nH]2)CC1. The van der Waals surface area contributed by atoms with E-state index in [0.717, 1.165) is 5.52 Å². The second-order valence-electron chi connectivity index (χ2n) is 5.43. The minimum atomic E-state index is 0.612. The highest BCUT2D eigenvalue weighted by Crippen LogP contribution is 2.32. The molecule has 3 nitrogen and oxygen atoms in total. The van der Waals surface area contributed by atoms with Crippen LogP contribution >= 0.6 is 0 Å². The Kier molecular flexibility index (Phi) is 3.08. The second-order valence-corrected chi connectivity index (χ2v) is 5.43. The van der Waals surface area contributed by atoms with E-state index in [1.54, 1.807) is 0 Å². The molecule has 18 heavy (non-hydrogen) atoms. The Bertz CT molecular complexity index is 536. The molecular formula is C15H21N3. The highest BCUT2D eigenvalue weighted by molar-refractivity contribution is 5.78. The number of rotatable bonds is 2. The highest BCUT2D eigenvalue weighted by atomic mass is 14.9. The molecule has 0 unspecified atom stereocenters. The molecule has 1 heterocycles. The van der Waals surface area contributed by atoms with Gasteiger partial charge < -0.3 is 10.3 Å². The molecule has 3 rings (SSSR count). The zero-order valence-electron chi connectivity index (χ0n) is 11.2. The highest BCUT2D eigenvalue weighted by Gasteiger charge is 2.23. The third-order valence-electron chi connectivity index (χ3n) is 4.25. The van der Waals surface area contributed by atoms with Gasteiger partial charge in [-0.1, -0.05) is 12.1 Å². The van der Waals surface area contributed by atoms with Gasteiger partial charge in [-0.25, -0.2) is 4.98 Å². The van der Waals surface area contributed by atoms with Gasteiger partial charge in [-0.15, -0.1) is 0 Å². The smallest absolute Gasteiger partial charge is 0.110 e. The van der Waals surface area contributed by atoms with Crippen LogP contribution in [0, 0.1) is 6.92 Å². The lowest BCUT2D eigenvalue weighted by molar-refractivity contribution is 0.352. The first-order valence-electron chi connectivity index (χ1n) is 6.90. The monoisotopic (exact) mass is 243 g/mol. The molecule has 2 aromatic rings. The molecule has 0 atom stereocenters. The van der Waals surface area contributed by atoms with Gasteiger partial charge in [0.15, 0.2) is 0 Å². The quantitative estimate of drug-likeness (QED) is 0.851. The Morgan fingerprint density at radius 1 is 1.22 bits per heavy atom. The first kappa shape index (κ1) is 11.7. The van der Waals surface area contributed by atoms with Crippen molar-refractivity contribution in [3.63, 3.8) is 0 Å². The van der Waals surface area contributed by atoms with Crippen LogP contribution in [0.3, 0.4) is 0 Å². The second kappa shape index (κ2) is 4.73. The van der Waals surface area contributed by atoms with Crippen molar-refractivity contribution in [2.75, 3.05) is 7.05 Å². The molecule has 3 heteroatoms. The molecule has 1 aliphatic carbocycles. The average molecular weight is 243 g/mol. The molecule has 1 aromatic heterocycles. The van der Waals surface area contributed by atoms with Crippen LogP contribution in [0.4, 0.5) is 0 Å². The minimum absolute atomic E-state index is 0.612. The van der Waals surface area contributed by atoms with Crippen LogP contribution in [0.1, 0.15) is 43.0 Å². The van der Waals surface area contributed by atoms with Crippen molar-refractivity contribution in [2.24, 2.45) is 0 Å². The van der Waals surface area contributed by atoms with Crippen LogP contribution in [-0.4, -0.2) is 23.1 Å². The van der Waals surface area contributed by atoms with Gasteiger partial charge in [-0.2, -0.15) is 0 Å². The zero-order valence-corrected chi connectivity index (χ0v) is 11.2. The number of aromatic nitrogens is 2. The fourth-order valence-electron chi connectivity index (χ4n) is 3.04. The van der Waals surface area contributed by atoms with Gasteiger partial charge >= 0.3 is 0 Å². The van der Waals surface area contributed by atoms with E-state index >= 15 is 0 Å². The van der Waals surface area contributed by atoms with Crippen LogP contribution in [0.15, 0.2) is 18.2 Å². The van der Waals surface area contributed by atoms with Crippen molar-refractivity contribution >= 4 is 11.0 Å². The molecule has 0 spiro atoms. The topological polar surface area (TPSA) is 40.7 Å². The molecular weight excluding hydrogens is 222 g/mol. The van der Waals surface area contributed by atoms with Gasteiger partial charge in [0, 0.05) is 12.0 Å². The normalized spacial score (nSPS) is 24.6. The Hall–Kier alpha value is -1.35. The van der Waals surface area contributed by atoms with E-state index in [1.165, 1.54) is 42.6 Å². The zero-order chi connectivity index (χ0) is 12.5. The van der Waals surface area contributed by atoms with Gasteiger partial charge in [-0.05, 0) is 51.3 Å². The van der Waals surface area contributed by atoms with Gasteiger partial charge in [0.2, 0.25) is 0 Å². The first-order valence-corrected chi connectivity index (χ1v) is 6.90. The van der Waals surface area contributed by atoms with E-state index in [9.17, 15) is 0 Å². The average Bonchev–Trinajstić information content (AvgIpc) is 2.84. The van der Waals surface area contributed by atoms with Crippen molar-refractivity contribution in [3.8, 4) is 0 Å². The summed E-state index contributed by atoms with van der Waals surface area (Å²) in [5.74, 6) is 1.80. The van der Waals surface area contributed by atoms with Gasteiger partial charge in [0.1, 0.15) is 5.82 Å². The number of para-hydroxylation sites is 1. The van der Waals surface area contributed by atoms with E-state index in [4.69, 9.17) is 4.98 Å². The molecule has 96 valence electrons. The number of H-pyrrole nitrogens is 1. The van der Waals surface area contributed by atoms with Crippen molar-refractivity contribution in [1.82, 2.24) is 15.3 Å². The lowest BCUT2D eigenvalue weighted by Gasteiger charge is -2.26. The molecule has 0 aliphatic heterocycles. The van der Waals surface area contributed by atoms with Crippen LogP contribution < -0.4 is 5.32 Å². The number of hydrogen-bond donors (Lipinski definition) is 2. The molecule has 1 aliphatic rings. The van der Waals surface area contributed by atoms with Crippen LogP contribution in [0.25, 0.3) is 11.0 Å². The summed E-state index contributed by atoms with van der Waals surface area (Å²) in [6.45, 7) is 2.13. The third-order valence-corrected chi connectivity index (χ3v) is 4.25. The van der Waals surface area contributed by atoms with E-state index < -0.39 is 0 Å². The lowest BCUT2D eigenvalue weighted by Crippen LogP contribution is -2.29. The summed E-state index contributed by atoms with van der Waals surface area (Å²) in [5.41, 5.74) is 3.59. The van der Waals surface area contributed by atoms with Gasteiger partial charge in [-0.3, -0.25) is 0 Å². The summed E-state index contributed by atoms with van der Waals surface area (Å²) in [6, 6.07) is 7.05. The van der Waals surface area contributed by atoms with Gasteiger partial charge in [0.25, 0.3) is 0 Å². The molecule has 2 N–H and O–H groups in total. The fraction of sp³-hybridized carbons (Fsp3) is 0.533. The number of imidazole rings is 1. The first-order chi connectivity index (χ1) is 8.78. The van der Waals surface area contributed by atoms with Gasteiger partial charge in [0.05, 0.1) is 11.0 Å². The summed E-state index contributed by atoms with van der Waals surface area (Å²) in [4.78, 5) is 8.32. The number of fused-ring (bicyclic) bond motifs is 1. The number of aromatic amines is 1. The number of nitrogens with zero attached hydrogens (tertiary/aromatic N) is 1. The van der Waals surface area contributed by atoms with Crippen LogP contribution in [0.5, 0.6) is 0 Å². The summed E-state index contributed by atoms with van der Waals surface area (Å²) in [6.07, 6.45) is 5.00. The Morgan fingerprint density at radius 3 is 2.67 bits per heavy atom. The maximum atomic E-state index is 4.81. The fourth-order valence-corrected chi connectivity index (χ4v) is 3.04. The standard InChI is InChI=1S/C15H21N3/c1-10-4-3-5-13-14(10)18-15(17-13)11-6-8-12(16-2)9-7-11/h3-5,11-12,16H,6-9H2,1-2H3,(H,17,18). The summed E-state index contributed by atoms with van der Waals surface area (Å²) < 4.78 is 0. The summed E-state index contributed by atoms with van der Waals surface area (Å²) in [5, 5.41) is 3.38. The Labute approximate surface area is 108 Å². The molecule has 1 aromatic carbocycles. The number of aryl methyl sites for hydroxylation is 1. The number of nitrogens with one attached hydrogen (secondary N) is 2. The lowest BCUT2D eigenvalue weighted by atomic mass is 9.86. The summed E-state index contributed by atoms with van der Waals surface area (Å²) in [7, 11) is 2.07. The molecule has 0 saturated heterocycles. The van der Waals surface area contributed by atoms with Crippen molar-refractivity contribution in [3.05, 3.63) is 29.6 Å². The largest absolute Gasteiger partial charge is 0.342 e. The molecule has 0 amide bonds. The van der Waals surface area contributed by atoms with E-state index in [0.29, 0.717) is 12.0 Å². The molecule has 0 bridgehead atoms. The minimum Gasteiger partial charge on any atom is -0.342 e. The number of hydrogen-bond acceptors (Lipinski definition) is 2. The van der Waals surface area contributed by atoms with Crippen molar-refractivity contribution < 1.29 is 0 Å². The third kappa shape index (κ3) is 2.03. The molecule has 0 radical (unpaired) electrons.